The predicted molar refractivity (Wildman–Crippen MR) is 90.7 cm³/mol. The molecule has 6 atom stereocenters. The summed E-state index contributed by atoms with van der Waals surface area (Å²) in [7, 11) is 0. The highest BCUT2D eigenvalue weighted by atomic mass is 16.5. The summed E-state index contributed by atoms with van der Waals surface area (Å²) in [6.45, 7) is 7.02. The molecular weight excluding hydrogens is 288 g/mol. The Bertz CT molecular complexity index is 521. The normalized spacial score (nSPS) is 43.6. The van der Waals surface area contributed by atoms with Gasteiger partial charge in [-0.15, -0.1) is 0 Å². The molecule has 0 amide bonds. The maximum atomic E-state index is 11.5. The van der Waals surface area contributed by atoms with Crippen molar-refractivity contribution in [2.24, 2.45) is 23.2 Å². The molecular formula is C20H30O3. The Labute approximate surface area is 139 Å². The van der Waals surface area contributed by atoms with Gasteiger partial charge in [0, 0.05) is 6.42 Å². The molecule has 0 bridgehead atoms. The first kappa shape index (κ1) is 16.8. The van der Waals surface area contributed by atoms with Crippen molar-refractivity contribution in [3.05, 3.63) is 23.8 Å². The van der Waals surface area contributed by atoms with Gasteiger partial charge in [0.25, 0.3) is 0 Å². The molecule has 3 heteroatoms. The number of aliphatic hydroxyl groups is 1. The van der Waals surface area contributed by atoms with Crippen molar-refractivity contribution in [3.63, 3.8) is 0 Å². The summed E-state index contributed by atoms with van der Waals surface area (Å²) >= 11 is 0. The number of allylic oxidation sites excluding steroid dienone is 4. The van der Waals surface area contributed by atoms with Crippen molar-refractivity contribution in [3.8, 4) is 0 Å². The van der Waals surface area contributed by atoms with Gasteiger partial charge in [-0.3, -0.25) is 4.79 Å². The minimum atomic E-state index is -0.522. The number of carbonyl (C=O) groups is 1. The molecule has 1 aliphatic heterocycles. The third kappa shape index (κ3) is 3.40. The summed E-state index contributed by atoms with van der Waals surface area (Å²) in [5.74, 6) is 1.56. The summed E-state index contributed by atoms with van der Waals surface area (Å²) < 4.78 is 5.44. The molecule has 23 heavy (non-hydrogen) atoms. The number of ether oxygens (including phenoxy) is 1. The van der Waals surface area contributed by atoms with Gasteiger partial charge < -0.3 is 9.84 Å². The molecule has 0 spiro atoms. The average Bonchev–Trinajstić information content (AvgIpc) is 2.47. The van der Waals surface area contributed by atoms with Crippen LogP contribution in [-0.4, -0.2) is 23.3 Å². The first-order chi connectivity index (χ1) is 10.9. The minimum Gasteiger partial charge on any atom is -0.462 e. The van der Waals surface area contributed by atoms with E-state index in [-0.39, 0.29) is 23.9 Å². The van der Waals surface area contributed by atoms with Crippen LogP contribution in [0.25, 0.3) is 0 Å². The monoisotopic (exact) mass is 318 g/mol. The van der Waals surface area contributed by atoms with Crippen LogP contribution in [0.5, 0.6) is 0 Å². The SMILES string of the molecule is C[C@H]1C=C2C=C[C@H](C)[C@H](CC[C@@H]3C[C@@H](O)CC(=O)O3)C2(C)CC1. The van der Waals surface area contributed by atoms with Crippen molar-refractivity contribution >= 4 is 5.97 Å². The van der Waals surface area contributed by atoms with E-state index in [0.29, 0.717) is 24.2 Å². The van der Waals surface area contributed by atoms with Crippen LogP contribution in [0, 0.1) is 23.2 Å². The molecule has 1 unspecified atom stereocenters. The standard InChI is InChI=1S/C20H30O3/c1-13-8-9-20(3)15(10-13)5-4-14(2)18(20)7-6-17-11-16(21)12-19(22)23-17/h4-5,10,13-14,16-18,21H,6-9,11-12H2,1-3H3/t13-,14+,16-,17-,18+,20?/m1/s1. The van der Waals surface area contributed by atoms with Crippen LogP contribution in [-0.2, 0) is 9.53 Å². The summed E-state index contributed by atoms with van der Waals surface area (Å²) in [5.41, 5.74) is 1.75. The molecule has 3 nitrogen and oxygen atoms in total. The molecule has 0 aromatic carbocycles. The molecule has 0 saturated carbocycles. The number of carbonyl (C=O) groups excluding carboxylic acids is 1. The topological polar surface area (TPSA) is 46.5 Å². The van der Waals surface area contributed by atoms with Crippen molar-refractivity contribution in [1.29, 1.82) is 0 Å². The molecule has 2 aliphatic carbocycles. The van der Waals surface area contributed by atoms with Gasteiger partial charge in [0.2, 0.25) is 0 Å². The Morgan fingerprint density at radius 1 is 1.35 bits per heavy atom. The van der Waals surface area contributed by atoms with Gasteiger partial charge in [-0.05, 0) is 54.4 Å². The van der Waals surface area contributed by atoms with Crippen LogP contribution in [0.15, 0.2) is 23.8 Å². The maximum absolute atomic E-state index is 11.5. The van der Waals surface area contributed by atoms with E-state index in [2.05, 4.69) is 39.0 Å². The van der Waals surface area contributed by atoms with Gasteiger partial charge in [0.05, 0.1) is 12.5 Å². The smallest absolute Gasteiger partial charge is 0.308 e. The molecule has 128 valence electrons. The van der Waals surface area contributed by atoms with Gasteiger partial charge in [-0.25, -0.2) is 0 Å². The fourth-order valence-electron chi connectivity index (χ4n) is 4.85. The van der Waals surface area contributed by atoms with E-state index in [1.807, 2.05) is 0 Å². The van der Waals surface area contributed by atoms with Crippen LogP contribution in [0.3, 0.4) is 0 Å². The van der Waals surface area contributed by atoms with Gasteiger partial charge in [-0.2, -0.15) is 0 Å². The Hall–Kier alpha value is -1.09. The van der Waals surface area contributed by atoms with E-state index in [0.717, 1.165) is 12.8 Å². The third-order valence-corrected chi connectivity index (χ3v) is 6.31. The maximum Gasteiger partial charge on any atom is 0.308 e. The van der Waals surface area contributed by atoms with Gasteiger partial charge in [-0.1, -0.05) is 39.0 Å². The molecule has 0 radical (unpaired) electrons. The third-order valence-electron chi connectivity index (χ3n) is 6.31. The molecule has 3 rings (SSSR count). The van der Waals surface area contributed by atoms with E-state index < -0.39 is 6.10 Å². The highest BCUT2D eigenvalue weighted by molar-refractivity contribution is 5.70. The van der Waals surface area contributed by atoms with E-state index in [9.17, 15) is 9.90 Å². The number of hydrogen-bond donors (Lipinski definition) is 1. The predicted octanol–water partition coefficient (Wildman–Crippen LogP) is 4.02. The van der Waals surface area contributed by atoms with Gasteiger partial charge in [0.1, 0.15) is 6.10 Å². The lowest BCUT2D eigenvalue weighted by Gasteiger charge is -2.48. The Balaban J connectivity index is 1.70. The number of hydrogen-bond acceptors (Lipinski definition) is 3. The number of rotatable bonds is 3. The van der Waals surface area contributed by atoms with Crippen molar-refractivity contribution in [1.82, 2.24) is 0 Å². The second kappa shape index (κ2) is 6.43. The zero-order chi connectivity index (χ0) is 16.6. The first-order valence-electron chi connectivity index (χ1n) is 9.16. The quantitative estimate of drug-likeness (QED) is 0.800. The second-order valence-electron chi connectivity index (χ2n) is 8.16. The van der Waals surface area contributed by atoms with Crippen molar-refractivity contribution in [2.75, 3.05) is 0 Å². The lowest BCUT2D eigenvalue weighted by Crippen LogP contribution is -2.39. The molecule has 0 aromatic heterocycles. The summed E-state index contributed by atoms with van der Waals surface area (Å²) in [6, 6.07) is 0. The van der Waals surface area contributed by atoms with Crippen LogP contribution >= 0.6 is 0 Å². The highest BCUT2D eigenvalue weighted by Crippen LogP contribution is 2.52. The zero-order valence-corrected chi connectivity index (χ0v) is 14.6. The lowest BCUT2D eigenvalue weighted by molar-refractivity contribution is -0.160. The van der Waals surface area contributed by atoms with Crippen LogP contribution < -0.4 is 0 Å². The molecule has 1 saturated heterocycles. The second-order valence-corrected chi connectivity index (χ2v) is 8.16. The molecule has 1 heterocycles. The number of fused-ring (bicyclic) bond motifs is 1. The highest BCUT2D eigenvalue weighted by Gasteiger charge is 2.43. The van der Waals surface area contributed by atoms with E-state index >= 15 is 0 Å². The zero-order valence-electron chi connectivity index (χ0n) is 14.6. The van der Waals surface area contributed by atoms with E-state index in [4.69, 9.17) is 4.74 Å². The van der Waals surface area contributed by atoms with E-state index in [1.165, 1.54) is 18.4 Å². The first-order valence-corrected chi connectivity index (χ1v) is 9.16. The van der Waals surface area contributed by atoms with Gasteiger partial charge in [0.15, 0.2) is 0 Å². The minimum absolute atomic E-state index is 0.108. The number of aliphatic hydroxyl groups excluding tert-OH is 1. The Morgan fingerprint density at radius 2 is 2.13 bits per heavy atom. The van der Waals surface area contributed by atoms with Crippen molar-refractivity contribution in [2.45, 2.75) is 71.5 Å². The summed E-state index contributed by atoms with van der Waals surface area (Å²) in [4.78, 5) is 11.5. The van der Waals surface area contributed by atoms with Crippen LogP contribution in [0.1, 0.15) is 59.3 Å². The van der Waals surface area contributed by atoms with Crippen LogP contribution in [0.2, 0.25) is 0 Å². The fraction of sp³-hybridized carbons (Fsp3) is 0.750. The summed E-state index contributed by atoms with van der Waals surface area (Å²) in [6.07, 6.45) is 11.7. The number of esters is 1. The lowest BCUT2D eigenvalue weighted by atomic mass is 9.57. The number of cyclic esters (lactones) is 1. The summed E-state index contributed by atoms with van der Waals surface area (Å²) in [5, 5.41) is 9.79. The largest absolute Gasteiger partial charge is 0.462 e. The average molecular weight is 318 g/mol. The Kier molecular flexibility index (Phi) is 4.68. The molecule has 1 fully saturated rings. The van der Waals surface area contributed by atoms with Crippen molar-refractivity contribution < 1.29 is 14.6 Å². The van der Waals surface area contributed by atoms with Gasteiger partial charge >= 0.3 is 5.97 Å². The molecule has 1 N–H and O–H groups in total. The molecule has 3 aliphatic rings. The fourth-order valence-corrected chi connectivity index (χ4v) is 4.85. The molecule has 0 aromatic rings. The van der Waals surface area contributed by atoms with E-state index in [1.54, 1.807) is 0 Å². The van der Waals surface area contributed by atoms with Crippen LogP contribution in [0.4, 0.5) is 0 Å². The Morgan fingerprint density at radius 3 is 2.87 bits per heavy atom.